The quantitative estimate of drug-likeness (QED) is 0.203. The van der Waals surface area contributed by atoms with E-state index in [9.17, 15) is 13.2 Å². The molecule has 3 N–H and O–H groups in total. The van der Waals surface area contributed by atoms with Gasteiger partial charge in [0.2, 0.25) is 15.9 Å². The van der Waals surface area contributed by atoms with Crippen LogP contribution in [0.5, 0.6) is 0 Å². The van der Waals surface area contributed by atoms with Gasteiger partial charge in [-0.15, -0.1) is 24.0 Å². The van der Waals surface area contributed by atoms with Crippen LogP contribution in [-0.2, 0) is 14.8 Å². The van der Waals surface area contributed by atoms with Crippen LogP contribution in [0.4, 0.5) is 0 Å². The molecular formula is C14H32IN5O3S. The number of nitrogens with one attached hydrogen (secondary N) is 3. The molecule has 0 spiro atoms. The molecule has 0 bridgehead atoms. The molecule has 144 valence electrons. The van der Waals surface area contributed by atoms with Crippen molar-refractivity contribution in [1.29, 1.82) is 0 Å². The second kappa shape index (κ2) is 11.9. The van der Waals surface area contributed by atoms with Crippen molar-refractivity contribution < 1.29 is 13.2 Å². The number of guanidine groups is 1. The normalized spacial score (nSPS) is 12.5. The summed E-state index contributed by atoms with van der Waals surface area (Å²) in [6.45, 7) is 8.49. The Bertz CT molecular complexity index is 503. The molecule has 0 radical (unpaired) electrons. The van der Waals surface area contributed by atoms with Crippen molar-refractivity contribution in [3.63, 3.8) is 0 Å². The van der Waals surface area contributed by atoms with E-state index in [0.717, 1.165) is 0 Å². The fourth-order valence-corrected chi connectivity index (χ4v) is 2.56. The minimum atomic E-state index is -3.14. The number of carbonyl (C=O) groups excluding carboxylic acids is 1. The summed E-state index contributed by atoms with van der Waals surface area (Å²) in [5.41, 5.74) is -0.273. The largest absolute Gasteiger partial charge is 0.356 e. The number of rotatable bonds is 8. The Balaban J connectivity index is 0. The minimum Gasteiger partial charge on any atom is -0.356 e. The van der Waals surface area contributed by atoms with Gasteiger partial charge < -0.3 is 16.0 Å². The Morgan fingerprint density at radius 1 is 1.21 bits per heavy atom. The number of nitrogens with zero attached hydrogens (tertiary/aromatic N) is 2. The van der Waals surface area contributed by atoms with Gasteiger partial charge in [-0.3, -0.25) is 9.79 Å². The van der Waals surface area contributed by atoms with Crippen LogP contribution in [0.1, 0.15) is 34.1 Å². The fraction of sp³-hybridized carbons (Fsp3) is 0.857. The fourth-order valence-electron chi connectivity index (χ4n) is 1.72. The molecule has 0 saturated heterocycles. The number of halogens is 1. The van der Waals surface area contributed by atoms with E-state index in [1.807, 2.05) is 20.8 Å². The molecule has 0 aromatic carbocycles. The summed E-state index contributed by atoms with van der Waals surface area (Å²) in [4.78, 5) is 15.7. The van der Waals surface area contributed by atoms with Crippen LogP contribution >= 0.6 is 24.0 Å². The minimum absolute atomic E-state index is 0. The molecule has 0 aromatic rings. The highest BCUT2D eigenvalue weighted by Gasteiger charge is 2.15. The van der Waals surface area contributed by atoms with Crippen LogP contribution in [0.25, 0.3) is 0 Å². The molecule has 0 aliphatic rings. The van der Waals surface area contributed by atoms with E-state index in [4.69, 9.17) is 0 Å². The molecule has 0 aliphatic carbocycles. The Kier molecular flexibility index (Phi) is 12.7. The molecule has 1 amide bonds. The molecule has 8 nitrogen and oxygen atoms in total. The third kappa shape index (κ3) is 11.8. The zero-order valence-corrected chi connectivity index (χ0v) is 18.6. The first-order valence-electron chi connectivity index (χ1n) is 7.71. The second-order valence-corrected chi connectivity index (χ2v) is 8.59. The molecule has 10 heteroatoms. The predicted octanol–water partition coefficient (Wildman–Crippen LogP) is 0.356. The van der Waals surface area contributed by atoms with E-state index in [1.165, 1.54) is 4.31 Å². The molecule has 24 heavy (non-hydrogen) atoms. The highest BCUT2D eigenvalue weighted by atomic mass is 127. The number of aliphatic imine (C=N–C) groups is 1. The number of carbonyl (C=O) groups is 1. The third-order valence-electron chi connectivity index (χ3n) is 2.94. The number of hydrogen-bond donors (Lipinski definition) is 3. The van der Waals surface area contributed by atoms with Gasteiger partial charge in [0, 0.05) is 32.7 Å². The maximum absolute atomic E-state index is 11.7. The smallest absolute Gasteiger partial charge is 0.239 e. The van der Waals surface area contributed by atoms with Crippen molar-refractivity contribution in [2.45, 2.75) is 39.7 Å². The van der Waals surface area contributed by atoms with E-state index in [2.05, 4.69) is 20.9 Å². The Morgan fingerprint density at radius 3 is 2.25 bits per heavy atom. The summed E-state index contributed by atoms with van der Waals surface area (Å²) in [5.74, 6) is 0.493. The van der Waals surface area contributed by atoms with Crippen LogP contribution in [0.15, 0.2) is 4.99 Å². The van der Waals surface area contributed by atoms with Crippen LogP contribution in [0.3, 0.4) is 0 Å². The average Bonchev–Trinajstić information content (AvgIpc) is 2.44. The lowest BCUT2D eigenvalue weighted by Gasteiger charge is -2.21. The topological polar surface area (TPSA) is 103 Å². The summed E-state index contributed by atoms with van der Waals surface area (Å²) in [7, 11) is 0.0513. The highest BCUT2D eigenvalue weighted by Crippen LogP contribution is 1.98. The first-order chi connectivity index (χ1) is 10.5. The molecule has 0 aromatic heterocycles. The van der Waals surface area contributed by atoms with Crippen LogP contribution in [0.2, 0.25) is 0 Å². The van der Waals surface area contributed by atoms with Crippen molar-refractivity contribution in [1.82, 2.24) is 20.3 Å². The summed E-state index contributed by atoms with van der Waals surface area (Å²) >= 11 is 0. The Labute approximate surface area is 163 Å². The van der Waals surface area contributed by atoms with Gasteiger partial charge in [-0.05, 0) is 34.1 Å². The second-order valence-electron chi connectivity index (χ2n) is 6.23. The Morgan fingerprint density at radius 2 is 1.79 bits per heavy atom. The van der Waals surface area contributed by atoms with Gasteiger partial charge in [-0.2, -0.15) is 0 Å². The first-order valence-corrected chi connectivity index (χ1v) is 9.32. The summed E-state index contributed by atoms with van der Waals surface area (Å²) in [6, 6.07) is 0. The maximum Gasteiger partial charge on any atom is 0.239 e. The van der Waals surface area contributed by atoms with Crippen molar-refractivity contribution in [3.05, 3.63) is 0 Å². The van der Waals surface area contributed by atoms with Crippen molar-refractivity contribution >= 4 is 45.9 Å². The van der Waals surface area contributed by atoms with Crippen molar-refractivity contribution in [2.75, 3.05) is 39.5 Å². The molecule has 0 saturated carbocycles. The molecule has 0 aliphatic heterocycles. The van der Waals surface area contributed by atoms with E-state index in [-0.39, 0.29) is 47.7 Å². The van der Waals surface area contributed by atoms with E-state index >= 15 is 0 Å². The lowest BCUT2D eigenvalue weighted by atomic mass is 10.1. The van der Waals surface area contributed by atoms with Gasteiger partial charge in [0.05, 0.1) is 12.3 Å². The van der Waals surface area contributed by atoms with Crippen LogP contribution in [0, 0.1) is 0 Å². The summed E-state index contributed by atoms with van der Waals surface area (Å²) in [5, 5.41) is 8.81. The van der Waals surface area contributed by atoms with Crippen LogP contribution < -0.4 is 16.0 Å². The summed E-state index contributed by atoms with van der Waals surface area (Å²) in [6.07, 6.45) is 0.643. The monoisotopic (exact) mass is 477 g/mol. The number of amides is 1. The third-order valence-corrected chi connectivity index (χ3v) is 4.80. The molecule has 0 atom stereocenters. The van der Waals surface area contributed by atoms with E-state index in [1.54, 1.807) is 21.0 Å². The van der Waals surface area contributed by atoms with Crippen molar-refractivity contribution in [2.24, 2.45) is 4.99 Å². The lowest BCUT2D eigenvalue weighted by Crippen LogP contribution is -2.48. The van der Waals surface area contributed by atoms with Gasteiger partial charge in [0.1, 0.15) is 0 Å². The number of hydrogen-bond acceptors (Lipinski definition) is 4. The Hall–Kier alpha value is -0.620. The standard InChI is InChI=1S/C14H31N5O3S.HI/c1-7-23(21,22)19(6)10-8-9-16-13(15-5)17-11-12(20)18-14(2,3)4;/h7-11H2,1-6H3,(H,18,20)(H2,15,16,17);1H. The molecular weight excluding hydrogens is 445 g/mol. The predicted molar refractivity (Wildman–Crippen MR) is 109 cm³/mol. The van der Waals surface area contributed by atoms with E-state index in [0.29, 0.717) is 25.5 Å². The molecule has 0 unspecified atom stereocenters. The first kappa shape index (κ1) is 25.6. The van der Waals surface area contributed by atoms with Gasteiger partial charge in [-0.1, -0.05) is 0 Å². The highest BCUT2D eigenvalue weighted by molar-refractivity contribution is 14.0. The van der Waals surface area contributed by atoms with E-state index < -0.39 is 10.0 Å². The molecule has 0 heterocycles. The lowest BCUT2D eigenvalue weighted by molar-refractivity contribution is -0.121. The van der Waals surface area contributed by atoms with Gasteiger partial charge in [0.15, 0.2) is 5.96 Å². The zero-order chi connectivity index (χ0) is 18.1. The average molecular weight is 477 g/mol. The zero-order valence-electron chi connectivity index (χ0n) is 15.5. The van der Waals surface area contributed by atoms with Gasteiger partial charge in [-0.25, -0.2) is 12.7 Å². The SMILES string of the molecule is CCS(=O)(=O)N(C)CCCNC(=NC)NCC(=O)NC(C)(C)C.I. The molecule has 0 rings (SSSR count). The maximum atomic E-state index is 11.7. The summed E-state index contributed by atoms with van der Waals surface area (Å²) < 4.78 is 24.5. The van der Waals surface area contributed by atoms with Gasteiger partial charge in [0.25, 0.3) is 0 Å². The number of sulfonamides is 1. The van der Waals surface area contributed by atoms with Gasteiger partial charge >= 0.3 is 0 Å². The molecule has 0 fully saturated rings. The van der Waals surface area contributed by atoms with Crippen molar-refractivity contribution in [3.8, 4) is 0 Å². The van der Waals surface area contributed by atoms with Crippen LogP contribution in [-0.4, -0.2) is 69.6 Å².